The minimum absolute atomic E-state index is 0.0623. The Kier molecular flexibility index (Phi) is 6.75. The van der Waals surface area contributed by atoms with Crippen molar-refractivity contribution in [1.29, 1.82) is 0 Å². The van der Waals surface area contributed by atoms with Gasteiger partial charge in [0.2, 0.25) is 0 Å². The largest absolute Gasteiger partial charge is 0.494 e. The summed E-state index contributed by atoms with van der Waals surface area (Å²) in [6.07, 6.45) is 2.07. The molecule has 2 heteroatoms. The monoisotopic (exact) mass is 354 g/mol. The van der Waals surface area contributed by atoms with Crippen LogP contribution in [0.2, 0.25) is 0 Å². The smallest absolute Gasteiger partial charge is 0.119 e. The first-order valence-corrected chi connectivity index (χ1v) is 9.69. The van der Waals surface area contributed by atoms with Gasteiger partial charge in [-0.1, -0.05) is 65.8 Å². The normalized spacial score (nSPS) is 12.1. The van der Waals surface area contributed by atoms with Gasteiger partial charge in [0.25, 0.3) is 0 Å². The van der Waals surface area contributed by atoms with E-state index in [4.69, 9.17) is 9.47 Å². The van der Waals surface area contributed by atoms with Gasteiger partial charge < -0.3 is 9.47 Å². The third-order valence-electron chi connectivity index (χ3n) is 4.75. The fraction of sp³-hybridized carbons (Fsp3) is 0.500. The molecule has 2 nitrogen and oxygen atoms in total. The molecule has 142 valence electrons. The zero-order chi connectivity index (χ0) is 19.2. The van der Waals surface area contributed by atoms with Crippen LogP contribution >= 0.6 is 0 Å². The van der Waals surface area contributed by atoms with Crippen LogP contribution in [0.15, 0.2) is 48.5 Å². The Morgan fingerprint density at radius 3 is 1.46 bits per heavy atom. The lowest BCUT2D eigenvalue weighted by molar-refractivity contribution is 0.243. The molecule has 0 fully saturated rings. The summed E-state index contributed by atoms with van der Waals surface area (Å²) in [7, 11) is 0. The zero-order valence-corrected chi connectivity index (χ0v) is 17.3. The van der Waals surface area contributed by atoms with E-state index < -0.39 is 0 Å². The molecule has 0 aliphatic rings. The number of benzene rings is 2. The molecule has 0 radical (unpaired) electrons. The third kappa shape index (κ3) is 5.79. The van der Waals surface area contributed by atoms with Gasteiger partial charge in [-0.05, 0) is 53.6 Å². The zero-order valence-electron chi connectivity index (χ0n) is 17.3. The summed E-state index contributed by atoms with van der Waals surface area (Å²) in [5, 5.41) is 0. The Morgan fingerprint density at radius 1 is 0.654 bits per heavy atom. The van der Waals surface area contributed by atoms with Crippen molar-refractivity contribution in [2.75, 3.05) is 13.2 Å². The fourth-order valence-electron chi connectivity index (χ4n) is 2.80. The van der Waals surface area contributed by atoms with Gasteiger partial charge >= 0.3 is 0 Å². The minimum atomic E-state index is -0.0623. The molecule has 26 heavy (non-hydrogen) atoms. The summed E-state index contributed by atoms with van der Waals surface area (Å²) in [6.45, 7) is 14.9. The molecular weight excluding hydrogens is 320 g/mol. The van der Waals surface area contributed by atoms with E-state index in [0.717, 1.165) is 37.6 Å². The first kappa shape index (κ1) is 20.4. The Labute approximate surface area is 159 Å². The van der Waals surface area contributed by atoms with Crippen LogP contribution < -0.4 is 9.47 Å². The summed E-state index contributed by atoms with van der Waals surface area (Å²) in [5.41, 5.74) is 2.80. The van der Waals surface area contributed by atoms with Crippen molar-refractivity contribution in [2.24, 2.45) is 5.41 Å². The van der Waals surface area contributed by atoms with Gasteiger partial charge in [-0.25, -0.2) is 0 Å². The molecule has 2 rings (SSSR count). The molecule has 2 aromatic carbocycles. The topological polar surface area (TPSA) is 18.5 Å². The number of ether oxygens (including phenoxy) is 2. The van der Waals surface area contributed by atoms with Gasteiger partial charge in [-0.3, -0.25) is 0 Å². The SMILES string of the molecule is CCCOc1ccc(C(C)(C)c2ccc(OCCC(C)(C)C)cc2)cc1. The summed E-state index contributed by atoms with van der Waals surface area (Å²) < 4.78 is 11.6. The van der Waals surface area contributed by atoms with Crippen LogP contribution in [0.25, 0.3) is 0 Å². The molecule has 2 aromatic rings. The average molecular weight is 355 g/mol. The van der Waals surface area contributed by atoms with Crippen LogP contribution in [-0.2, 0) is 5.41 Å². The van der Waals surface area contributed by atoms with E-state index >= 15 is 0 Å². The van der Waals surface area contributed by atoms with Crippen LogP contribution in [-0.4, -0.2) is 13.2 Å². The highest BCUT2D eigenvalue weighted by Crippen LogP contribution is 2.33. The molecular formula is C24H34O2. The van der Waals surface area contributed by atoms with Crippen LogP contribution in [0.3, 0.4) is 0 Å². The Morgan fingerprint density at radius 2 is 1.08 bits per heavy atom. The summed E-state index contributed by atoms with van der Waals surface area (Å²) in [4.78, 5) is 0. The maximum atomic E-state index is 5.89. The van der Waals surface area contributed by atoms with E-state index in [-0.39, 0.29) is 5.41 Å². The van der Waals surface area contributed by atoms with Crippen LogP contribution in [0.4, 0.5) is 0 Å². The average Bonchev–Trinajstić information content (AvgIpc) is 2.60. The van der Waals surface area contributed by atoms with Crippen molar-refractivity contribution in [3.63, 3.8) is 0 Å². The highest BCUT2D eigenvalue weighted by molar-refractivity contribution is 5.41. The Hall–Kier alpha value is -1.96. The molecule has 0 spiro atoms. The molecule has 0 aliphatic carbocycles. The van der Waals surface area contributed by atoms with E-state index in [2.05, 4.69) is 90.1 Å². The number of hydrogen-bond donors (Lipinski definition) is 0. The lowest BCUT2D eigenvalue weighted by Gasteiger charge is -2.26. The summed E-state index contributed by atoms with van der Waals surface area (Å²) >= 11 is 0. The molecule has 0 N–H and O–H groups in total. The second-order valence-corrected chi connectivity index (χ2v) is 8.68. The van der Waals surface area contributed by atoms with Crippen molar-refractivity contribution < 1.29 is 9.47 Å². The highest BCUT2D eigenvalue weighted by atomic mass is 16.5. The minimum Gasteiger partial charge on any atom is -0.494 e. The molecule has 0 bridgehead atoms. The van der Waals surface area contributed by atoms with E-state index in [1.165, 1.54) is 11.1 Å². The Bertz CT molecular complexity index is 661. The van der Waals surface area contributed by atoms with E-state index in [1.807, 2.05) is 0 Å². The van der Waals surface area contributed by atoms with Crippen molar-refractivity contribution in [3.8, 4) is 11.5 Å². The second-order valence-electron chi connectivity index (χ2n) is 8.68. The molecule has 0 saturated carbocycles. The molecule has 0 heterocycles. The van der Waals surface area contributed by atoms with Gasteiger partial charge in [-0.15, -0.1) is 0 Å². The van der Waals surface area contributed by atoms with Gasteiger partial charge in [-0.2, -0.15) is 0 Å². The third-order valence-corrected chi connectivity index (χ3v) is 4.75. The van der Waals surface area contributed by atoms with Gasteiger partial charge in [0.15, 0.2) is 0 Å². The molecule has 0 atom stereocenters. The molecule has 0 aromatic heterocycles. The van der Waals surface area contributed by atoms with Crippen molar-refractivity contribution in [3.05, 3.63) is 59.7 Å². The summed E-state index contributed by atoms with van der Waals surface area (Å²) in [5.74, 6) is 1.88. The second kappa shape index (κ2) is 8.62. The van der Waals surface area contributed by atoms with Crippen molar-refractivity contribution in [1.82, 2.24) is 0 Å². The predicted molar refractivity (Wildman–Crippen MR) is 110 cm³/mol. The maximum Gasteiger partial charge on any atom is 0.119 e. The quantitative estimate of drug-likeness (QED) is 0.530. The molecule has 0 saturated heterocycles. The Balaban J connectivity index is 2.04. The standard InChI is InChI=1S/C24H34O2/c1-7-17-25-21-12-8-19(9-13-21)24(5,6)20-10-14-22(15-11-20)26-18-16-23(2,3)4/h8-15H,7,16-18H2,1-6H3. The first-order chi connectivity index (χ1) is 12.2. The highest BCUT2D eigenvalue weighted by Gasteiger charge is 2.23. The van der Waals surface area contributed by atoms with Gasteiger partial charge in [0.1, 0.15) is 11.5 Å². The summed E-state index contributed by atoms with van der Waals surface area (Å²) in [6, 6.07) is 17.0. The van der Waals surface area contributed by atoms with Crippen LogP contribution in [0, 0.1) is 5.41 Å². The number of rotatable bonds is 8. The van der Waals surface area contributed by atoms with Crippen molar-refractivity contribution >= 4 is 0 Å². The lowest BCUT2D eigenvalue weighted by Crippen LogP contribution is -2.18. The van der Waals surface area contributed by atoms with Crippen LogP contribution in [0.1, 0.15) is 65.5 Å². The number of hydrogen-bond acceptors (Lipinski definition) is 2. The molecule has 0 unspecified atom stereocenters. The predicted octanol–water partition coefficient (Wildman–Crippen LogP) is 6.62. The maximum absolute atomic E-state index is 5.89. The van der Waals surface area contributed by atoms with E-state index in [0.29, 0.717) is 5.41 Å². The van der Waals surface area contributed by atoms with Gasteiger partial charge in [0, 0.05) is 5.41 Å². The van der Waals surface area contributed by atoms with E-state index in [9.17, 15) is 0 Å². The first-order valence-electron chi connectivity index (χ1n) is 9.69. The molecule has 0 aliphatic heterocycles. The molecule has 0 amide bonds. The fourth-order valence-corrected chi connectivity index (χ4v) is 2.80. The van der Waals surface area contributed by atoms with E-state index in [1.54, 1.807) is 0 Å². The van der Waals surface area contributed by atoms with Gasteiger partial charge in [0.05, 0.1) is 13.2 Å². The lowest BCUT2D eigenvalue weighted by atomic mass is 9.78. The van der Waals surface area contributed by atoms with Crippen LogP contribution in [0.5, 0.6) is 11.5 Å². The van der Waals surface area contributed by atoms with Crippen molar-refractivity contribution in [2.45, 2.75) is 59.8 Å².